The maximum Gasteiger partial charge on any atom is 0.271 e. The van der Waals surface area contributed by atoms with Crippen LogP contribution < -0.4 is 0 Å². The standard InChI is InChI=1S/C19H18ClN5O/c20-15-5-1-3-13(9-15)17-10-21-11-18(23-17)14-4-2-8-25(12-14)19(26)16-6-7-22-24-16/h1,3,5-7,9-11,14H,2,4,8,12H2,(H,22,24). The van der Waals surface area contributed by atoms with E-state index in [0.717, 1.165) is 36.3 Å². The molecule has 2 aromatic heterocycles. The van der Waals surface area contributed by atoms with E-state index >= 15 is 0 Å². The first-order valence-electron chi connectivity index (χ1n) is 8.57. The van der Waals surface area contributed by atoms with E-state index in [-0.39, 0.29) is 11.8 Å². The van der Waals surface area contributed by atoms with Gasteiger partial charge in [0.2, 0.25) is 0 Å². The van der Waals surface area contributed by atoms with E-state index in [1.165, 1.54) is 0 Å². The van der Waals surface area contributed by atoms with E-state index in [2.05, 4.69) is 15.2 Å². The van der Waals surface area contributed by atoms with Crippen molar-refractivity contribution < 1.29 is 4.79 Å². The number of hydrogen-bond donors (Lipinski definition) is 1. The molecule has 3 heterocycles. The molecule has 0 aliphatic carbocycles. The van der Waals surface area contributed by atoms with Crippen molar-refractivity contribution in [3.63, 3.8) is 0 Å². The number of piperidine rings is 1. The normalized spacial score (nSPS) is 17.3. The molecule has 1 saturated heterocycles. The predicted molar refractivity (Wildman–Crippen MR) is 98.9 cm³/mol. The Morgan fingerprint density at radius 3 is 3.00 bits per heavy atom. The van der Waals surface area contributed by atoms with E-state index in [1.54, 1.807) is 24.7 Å². The summed E-state index contributed by atoms with van der Waals surface area (Å²) in [5.41, 5.74) is 3.16. The van der Waals surface area contributed by atoms with E-state index in [1.807, 2.05) is 29.2 Å². The van der Waals surface area contributed by atoms with Crippen molar-refractivity contribution in [1.82, 2.24) is 25.1 Å². The van der Waals surface area contributed by atoms with Gasteiger partial charge in [0.1, 0.15) is 5.69 Å². The van der Waals surface area contributed by atoms with Crippen molar-refractivity contribution in [1.29, 1.82) is 0 Å². The van der Waals surface area contributed by atoms with Gasteiger partial charge in [0.15, 0.2) is 0 Å². The number of halogens is 1. The van der Waals surface area contributed by atoms with Gasteiger partial charge < -0.3 is 4.90 Å². The Morgan fingerprint density at radius 2 is 2.19 bits per heavy atom. The number of likely N-dealkylation sites (tertiary alicyclic amines) is 1. The first-order valence-corrected chi connectivity index (χ1v) is 8.95. The van der Waals surface area contributed by atoms with E-state index in [0.29, 0.717) is 17.3 Å². The lowest BCUT2D eigenvalue weighted by molar-refractivity contribution is 0.0700. The molecule has 1 unspecified atom stereocenters. The van der Waals surface area contributed by atoms with Crippen LogP contribution in [0.15, 0.2) is 48.9 Å². The third-order valence-corrected chi connectivity index (χ3v) is 4.87. The Kier molecular flexibility index (Phi) is 4.67. The molecule has 132 valence electrons. The fourth-order valence-corrected chi connectivity index (χ4v) is 3.50. The molecule has 3 aromatic rings. The van der Waals surface area contributed by atoms with Crippen LogP contribution in [0.2, 0.25) is 5.02 Å². The fraction of sp³-hybridized carbons (Fsp3) is 0.263. The van der Waals surface area contributed by atoms with Gasteiger partial charge in [-0.05, 0) is 31.0 Å². The summed E-state index contributed by atoms with van der Waals surface area (Å²) < 4.78 is 0. The molecule has 26 heavy (non-hydrogen) atoms. The van der Waals surface area contributed by atoms with Gasteiger partial charge in [0.25, 0.3) is 5.91 Å². The number of nitrogens with one attached hydrogen (secondary N) is 1. The highest BCUT2D eigenvalue weighted by molar-refractivity contribution is 6.30. The molecule has 0 bridgehead atoms. The minimum Gasteiger partial charge on any atom is -0.337 e. The average molecular weight is 368 g/mol. The number of amides is 1. The molecule has 0 spiro atoms. The second-order valence-corrected chi connectivity index (χ2v) is 6.84. The van der Waals surface area contributed by atoms with Gasteiger partial charge >= 0.3 is 0 Å². The summed E-state index contributed by atoms with van der Waals surface area (Å²) in [5, 5.41) is 7.28. The molecule has 1 amide bonds. The van der Waals surface area contributed by atoms with Crippen molar-refractivity contribution >= 4 is 17.5 Å². The van der Waals surface area contributed by atoms with E-state index in [4.69, 9.17) is 16.6 Å². The Bertz CT molecular complexity index is 912. The topological polar surface area (TPSA) is 74.8 Å². The minimum atomic E-state index is -0.0221. The molecular formula is C19H18ClN5O. The largest absolute Gasteiger partial charge is 0.337 e. The molecule has 1 aliphatic heterocycles. The Hall–Kier alpha value is -2.73. The number of aromatic amines is 1. The van der Waals surface area contributed by atoms with Crippen molar-refractivity contribution in [3.05, 3.63) is 65.3 Å². The molecule has 6 nitrogen and oxygen atoms in total. The zero-order chi connectivity index (χ0) is 17.9. The Morgan fingerprint density at radius 1 is 1.27 bits per heavy atom. The van der Waals surface area contributed by atoms with Gasteiger partial charge in [-0.3, -0.25) is 14.9 Å². The monoisotopic (exact) mass is 367 g/mol. The van der Waals surface area contributed by atoms with Crippen LogP contribution in [0.1, 0.15) is 34.9 Å². The number of benzene rings is 1. The zero-order valence-electron chi connectivity index (χ0n) is 14.1. The molecule has 1 N–H and O–H groups in total. The third kappa shape index (κ3) is 3.46. The summed E-state index contributed by atoms with van der Waals surface area (Å²) in [6, 6.07) is 9.28. The quantitative estimate of drug-likeness (QED) is 0.768. The molecular weight excluding hydrogens is 350 g/mol. The van der Waals surface area contributed by atoms with Crippen LogP contribution in [0.5, 0.6) is 0 Å². The third-order valence-electron chi connectivity index (χ3n) is 4.63. The second-order valence-electron chi connectivity index (χ2n) is 6.40. The van der Waals surface area contributed by atoms with Gasteiger partial charge in [0, 0.05) is 42.0 Å². The number of nitrogens with zero attached hydrogens (tertiary/aromatic N) is 4. The molecule has 1 fully saturated rings. The highest BCUT2D eigenvalue weighted by Gasteiger charge is 2.27. The summed E-state index contributed by atoms with van der Waals surface area (Å²) in [6.45, 7) is 1.38. The summed E-state index contributed by atoms with van der Waals surface area (Å²) in [6.07, 6.45) is 7.05. The molecule has 1 aliphatic rings. The predicted octanol–water partition coefficient (Wildman–Crippen LogP) is 3.54. The Balaban J connectivity index is 1.55. The maximum atomic E-state index is 12.6. The number of carbonyl (C=O) groups is 1. The van der Waals surface area contributed by atoms with Gasteiger partial charge in [-0.2, -0.15) is 5.10 Å². The molecule has 0 saturated carbocycles. The summed E-state index contributed by atoms with van der Waals surface area (Å²) in [7, 11) is 0. The smallest absolute Gasteiger partial charge is 0.271 e. The highest BCUT2D eigenvalue weighted by atomic mass is 35.5. The van der Waals surface area contributed by atoms with Gasteiger partial charge in [-0.15, -0.1) is 0 Å². The molecule has 1 atom stereocenters. The number of rotatable bonds is 3. The number of H-pyrrole nitrogens is 1. The van der Waals surface area contributed by atoms with Crippen molar-refractivity contribution in [2.45, 2.75) is 18.8 Å². The molecule has 1 aromatic carbocycles. The summed E-state index contributed by atoms with van der Waals surface area (Å²) in [4.78, 5) is 23.6. The van der Waals surface area contributed by atoms with Crippen LogP contribution >= 0.6 is 11.6 Å². The van der Waals surface area contributed by atoms with E-state index in [9.17, 15) is 4.79 Å². The van der Waals surface area contributed by atoms with Gasteiger partial charge in [0.05, 0.1) is 17.6 Å². The van der Waals surface area contributed by atoms with Crippen LogP contribution in [0.4, 0.5) is 0 Å². The lowest BCUT2D eigenvalue weighted by Crippen LogP contribution is -2.39. The van der Waals surface area contributed by atoms with Crippen LogP contribution in [-0.4, -0.2) is 44.1 Å². The van der Waals surface area contributed by atoms with Crippen LogP contribution in [-0.2, 0) is 0 Å². The summed E-state index contributed by atoms with van der Waals surface area (Å²) in [5.74, 6) is 0.147. The zero-order valence-corrected chi connectivity index (χ0v) is 14.9. The summed E-state index contributed by atoms with van der Waals surface area (Å²) >= 11 is 6.09. The first-order chi connectivity index (χ1) is 12.7. The number of aromatic nitrogens is 4. The van der Waals surface area contributed by atoms with Crippen LogP contribution in [0.3, 0.4) is 0 Å². The maximum absolute atomic E-state index is 12.6. The second kappa shape index (κ2) is 7.25. The molecule has 7 heteroatoms. The lowest BCUT2D eigenvalue weighted by atomic mass is 9.94. The van der Waals surface area contributed by atoms with Crippen molar-refractivity contribution in [2.75, 3.05) is 13.1 Å². The number of carbonyl (C=O) groups excluding carboxylic acids is 1. The Labute approximate surface area is 156 Å². The molecule has 0 radical (unpaired) electrons. The van der Waals surface area contributed by atoms with Crippen LogP contribution in [0, 0.1) is 0 Å². The molecule has 4 rings (SSSR count). The minimum absolute atomic E-state index is 0.0221. The van der Waals surface area contributed by atoms with Gasteiger partial charge in [-0.25, -0.2) is 4.98 Å². The SMILES string of the molecule is O=C(c1ccn[nH]1)N1CCCC(c2cncc(-c3cccc(Cl)c3)n2)C1. The first kappa shape index (κ1) is 16.7. The van der Waals surface area contributed by atoms with Crippen LogP contribution in [0.25, 0.3) is 11.3 Å². The van der Waals surface area contributed by atoms with Gasteiger partial charge in [-0.1, -0.05) is 23.7 Å². The average Bonchev–Trinajstić information content (AvgIpc) is 3.22. The fourth-order valence-electron chi connectivity index (χ4n) is 3.31. The van der Waals surface area contributed by atoms with Crippen molar-refractivity contribution in [3.8, 4) is 11.3 Å². The lowest BCUT2D eigenvalue weighted by Gasteiger charge is -2.32. The van der Waals surface area contributed by atoms with E-state index < -0.39 is 0 Å². The highest BCUT2D eigenvalue weighted by Crippen LogP contribution is 2.28. The van der Waals surface area contributed by atoms with Crippen molar-refractivity contribution in [2.24, 2.45) is 0 Å². The number of hydrogen-bond acceptors (Lipinski definition) is 4.